The van der Waals surface area contributed by atoms with Crippen molar-refractivity contribution in [3.05, 3.63) is 52.2 Å². The maximum Gasteiger partial charge on any atom is 0.325 e. The molecule has 1 aliphatic carbocycles. The molecule has 0 unspecified atom stereocenters. The zero-order valence-corrected chi connectivity index (χ0v) is 27.7. The number of benzene rings is 1. The van der Waals surface area contributed by atoms with Crippen molar-refractivity contribution in [2.45, 2.75) is 102 Å². The zero-order valence-electron chi connectivity index (χ0n) is 27.7. The van der Waals surface area contributed by atoms with Gasteiger partial charge in [-0.25, -0.2) is 4.98 Å². The summed E-state index contributed by atoms with van der Waals surface area (Å²) in [5.74, 6) is 0.204. The van der Waals surface area contributed by atoms with Crippen molar-refractivity contribution in [1.29, 1.82) is 0 Å². The highest BCUT2D eigenvalue weighted by molar-refractivity contribution is 6.09. The number of nitrogens with one attached hydrogen (secondary N) is 1. The Hall–Kier alpha value is -3.01. The number of anilines is 2. The Balaban J connectivity index is 1.12. The van der Waals surface area contributed by atoms with Crippen LogP contribution in [0.2, 0.25) is 0 Å². The third-order valence-electron chi connectivity index (χ3n) is 10.9. The van der Waals surface area contributed by atoms with Crippen LogP contribution in [0, 0.1) is 12.3 Å². The molecule has 1 saturated heterocycles. The van der Waals surface area contributed by atoms with Crippen LogP contribution in [0.3, 0.4) is 0 Å². The number of fused-ring (bicyclic) bond motifs is 3. The molecule has 2 aromatic rings. The average Bonchev–Trinajstić information content (AvgIpc) is 3.42. The summed E-state index contributed by atoms with van der Waals surface area (Å²) in [5.41, 5.74) is 5.14. The lowest BCUT2D eigenvalue weighted by atomic mass is 9.74. The first kappa shape index (κ1) is 32.0. The van der Waals surface area contributed by atoms with Crippen molar-refractivity contribution in [3.63, 3.8) is 0 Å². The number of aliphatic carboxylic acids is 1. The van der Waals surface area contributed by atoms with Gasteiger partial charge in [0.2, 0.25) is 5.91 Å². The Kier molecular flexibility index (Phi) is 8.98. The van der Waals surface area contributed by atoms with E-state index in [1.54, 1.807) is 11.9 Å². The van der Waals surface area contributed by atoms with Crippen LogP contribution in [-0.4, -0.2) is 79.5 Å². The summed E-state index contributed by atoms with van der Waals surface area (Å²) in [7, 11) is 3.72. The fourth-order valence-corrected chi connectivity index (χ4v) is 8.37. The molecule has 2 N–H and O–H groups in total. The van der Waals surface area contributed by atoms with Crippen LogP contribution >= 0.6 is 0 Å². The molecule has 1 spiro atoms. The number of carbonyl (C=O) groups is 2. The molecule has 1 aromatic heterocycles. The topological polar surface area (TPSA) is 104 Å². The Morgan fingerprint density at radius 3 is 2.78 bits per heavy atom. The summed E-state index contributed by atoms with van der Waals surface area (Å²) >= 11 is 0. The van der Waals surface area contributed by atoms with Gasteiger partial charge in [0, 0.05) is 50.7 Å². The molecule has 6 rings (SSSR count). The van der Waals surface area contributed by atoms with Gasteiger partial charge < -0.3 is 24.8 Å². The highest BCUT2D eigenvalue weighted by Gasteiger charge is 2.53. The lowest BCUT2D eigenvalue weighted by Crippen LogP contribution is -2.43. The molecule has 3 atom stereocenters. The molecule has 1 amide bonds. The number of pyridine rings is 1. The number of carbonyl (C=O) groups excluding carboxylic acids is 1. The summed E-state index contributed by atoms with van der Waals surface area (Å²) < 4.78 is 12.1. The Morgan fingerprint density at radius 1 is 1.24 bits per heavy atom. The number of carboxylic acids is 1. The predicted octanol–water partition coefficient (Wildman–Crippen LogP) is 5.43. The molecule has 1 saturated carbocycles. The fraction of sp³-hybridized carbons (Fsp3) is 0.639. The average molecular weight is 619 g/mol. The van der Waals surface area contributed by atoms with Crippen LogP contribution in [-0.2, 0) is 37.3 Å². The van der Waals surface area contributed by atoms with Crippen LogP contribution in [0.4, 0.5) is 11.5 Å². The van der Waals surface area contributed by atoms with Crippen molar-refractivity contribution < 1.29 is 24.2 Å². The van der Waals surface area contributed by atoms with Gasteiger partial charge in [-0.1, -0.05) is 37.6 Å². The lowest BCUT2D eigenvalue weighted by Gasteiger charge is -2.33. The SMILES string of the molecule is Cc1cc([C@@H](C(=O)O)N(C)[C@H]2C[C@H](OCCCCc3ccc4c(n3)NCCC4)C(C)(C)C2)c2c(c1)C1(CCOCC1)C(=O)N2C. The molecule has 0 bridgehead atoms. The number of unbranched alkanes of at least 4 members (excludes halogenated alkanes) is 1. The van der Waals surface area contributed by atoms with Crippen molar-refractivity contribution in [1.82, 2.24) is 9.88 Å². The highest BCUT2D eigenvalue weighted by Crippen LogP contribution is 2.51. The van der Waals surface area contributed by atoms with Crippen LogP contribution in [0.15, 0.2) is 24.3 Å². The van der Waals surface area contributed by atoms with E-state index in [1.807, 2.05) is 24.9 Å². The molecule has 4 aliphatic rings. The van der Waals surface area contributed by atoms with E-state index in [-0.39, 0.29) is 23.5 Å². The standard InChI is InChI=1S/C36H50N4O5/c1-23-19-27(30-28(20-23)36(34(43)40(30)5)13-17-44-18-14-36)31(33(41)42)39(4)26-21-29(35(2,3)22-26)45-16-7-6-10-25-12-11-24-9-8-15-37-32(24)38-25/h11-12,19-20,26,29,31H,6-10,13-18,21-22H2,1-5H3,(H,37,38)(H,41,42)/t26-,29-,31-/m0/s1. The third-order valence-corrected chi connectivity index (χ3v) is 10.9. The summed E-state index contributed by atoms with van der Waals surface area (Å²) in [6, 6.07) is 7.60. The van der Waals surface area contributed by atoms with Crippen LogP contribution < -0.4 is 10.2 Å². The Labute approximate surface area is 267 Å². The van der Waals surface area contributed by atoms with Gasteiger partial charge in [0.05, 0.1) is 17.2 Å². The third kappa shape index (κ3) is 5.99. The maximum absolute atomic E-state index is 13.7. The lowest BCUT2D eigenvalue weighted by molar-refractivity contribution is -0.144. The Morgan fingerprint density at radius 2 is 2.02 bits per heavy atom. The molecule has 0 radical (unpaired) electrons. The number of aromatic nitrogens is 1. The van der Waals surface area contributed by atoms with E-state index in [4.69, 9.17) is 14.5 Å². The molecular formula is C36H50N4O5. The molecule has 2 fully saturated rings. The van der Waals surface area contributed by atoms with Crippen molar-refractivity contribution in [2.75, 3.05) is 50.7 Å². The van der Waals surface area contributed by atoms with Crippen molar-refractivity contribution in [2.24, 2.45) is 5.41 Å². The monoisotopic (exact) mass is 618 g/mol. The van der Waals surface area contributed by atoms with E-state index in [1.165, 1.54) is 12.0 Å². The number of amides is 1. The second kappa shape index (κ2) is 12.6. The van der Waals surface area contributed by atoms with Crippen LogP contribution in [0.5, 0.6) is 0 Å². The first-order valence-corrected chi connectivity index (χ1v) is 16.8. The summed E-state index contributed by atoms with van der Waals surface area (Å²) in [5, 5.41) is 14.1. The number of ether oxygens (including phenoxy) is 2. The normalized spacial score (nSPS) is 24.0. The van der Waals surface area contributed by atoms with E-state index >= 15 is 0 Å². The minimum absolute atomic E-state index is 0.0360. The van der Waals surface area contributed by atoms with Gasteiger partial charge in [0.1, 0.15) is 11.9 Å². The van der Waals surface area contributed by atoms with Gasteiger partial charge in [-0.2, -0.15) is 0 Å². The molecular weight excluding hydrogens is 568 g/mol. The highest BCUT2D eigenvalue weighted by atomic mass is 16.5. The van der Waals surface area contributed by atoms with Crippen LogP contribution in [0.1, 0.15) is 92.8 Å². The number of hydrogen-bond donors (Lipinski definition) is 2. The van der Waals surface area contributed by atoms with E-state index in [2.05, 4.69) is 37.4 Å². The van der Waals surface area contributed by atoms with Gasteiger partial charge in [-0.15, -0.1) is 0 Å². The molecule has 3 aliphatic heterocycles. The first-order valence-electron chi connectivity index (χ1n) is 16.8. The quantitative estimate of drug-likeness (QED) is 0.340. The first-order chi connectivity index (χ1) is 21.5. The smallest absolute Gasteiger partial charge is 0.325 e. The number of nitrogens with zero attached hydrogens (tertiary/aromatic N) is 3. The van der Waals surface area contributed by atoms with Gasteiger partial charge in [0.15, 0.2) is 0 Å². The molecule has 1 aromatic carbocycles. The number of likely N-dealkylation sites (N-methyl/N-ethyl adjacent to an activating group) is 2. The van der Waals surface area contributed by atoms with Gasteiger partial charge in [-0.05, 0) is 94.4 Å². The molecule has 9 heteroatoms. The van der Waals surface area contributed by atoms with E-state index < -0.39 is 17.4 Å². The summed E-state index contributed by atoms with van der Waals surface area (Å²) in [6.07, 6.45) is 8.08. The summed E-state index contributed by atoms with van der Waals surface area (Å²) in [6.45, 7) is 9.21. The zero-order chi connectivity index (χ0) is 31.9. The van der Waals surface area contributed by atoms with Gasteiger partial charge in [0.25, 0.3) is 0 Å². The number of carboxylic acid groups (broad SMARTS) is 1. The van der Waals surface area contributed by atoms with Crippen LogP contribution in [0.25, 0.3) is 0 Å². The minimum Gasteiger partial charge on any atom is -0.480 e. The Bertz CT molecular complexity index is 1430. The van der Waals surface area contributed by atoms with E-state index in [9.17, 15) is 14.7 Å². The molecule has 244 valence electrons. The molecule has 45 heavy (non-hydrogen) atoms. The van der Waals surface area contributed by atoms with E-state index in [0.29, 0.717) is 38.2 Å². The number of hydrogen-bond acceptors (Lipinski definition) is 7. The van der Waals surface area contributed by atoms with E-state index in [0.717, 1.165) is 73.4 Å². The van der Waals surface area contributed by atoms with Gasteiger partial charge in [-0.3, -0.25) is 14.5 Å². The second-order valence-corrected chi connectivity index (χ2v) is 14.5. The largest absolute Gasteiger partial charge is 0.480 e. The second-order valence-electron chi connectivity index (χ2n) is 14.5. The molecule has 4 heterocycles. The number of rotatable bonds is 10. The minimum atomic E-state index is -0.896. The fourth-order valence-electron chi connectivity index (χ4n) is 8.37. The predicted molar refractivity (Wildman–Crippen MR) is 175 cm³/mol. The number of aryl methyl sites for hydroxylation is 3. The molecule has 9 nitrogen and oxygen atoms in total. The van der Waals surface area contributed by atoms with Gasteiger partial charge >= 0.3 is 5.97 Å². The van der Waals surface area contributed by atoms with Crippen molar-refractivity contribution in [3.8, 4) is 0 Å². The summed E-state index contributed by atoms with van der Waals surface area (Å²) in [4.78, 5) is 35.3. The van der Waals surface area contributed by atoms with Crippen molar-refractivity contribution >= 4 is 23.4 Å². The maximum atomic E-state index is 13.7.